The molecule has 1 aliphatic rings. The van der Waals surface area contributed by atoms with Crippen molar-refractivity contribution in [2.75, 3.05) is 34.5 Å². The standard InChI is InChI=1S/C21H26O4/c1-22-19-12-8-7-11-16(19)21(24-3)18-14-25-13-17(18)20(23-2)15-9-5-4-6-10-15/h4-12,17-18,20-21H,13-14H2,1-3H3/t17-,18-,20-,21-/m1/s1. The topological polar surface area (TPSA) is 36.9 Å². The lowest BCUT2D eigenvalue weighted by Gasteiger charge is -2.32. The van der Waals surface area contributed by atoms with Gasteiger partial charge in [-0.2, -0.15) is 0 Å². The predicted molar refractivity (Wildman–Crippen MR) is 96.7 cm³/mol. The SMILES string of the molecule is COc1ccccc1[C@@H](OC)[C@@H]1COC[C@H]1[C@H](OC)c1ccccc1. The summed E-state index contributed by atoms with van der Waals surface area (Å²) < 4.78 is 23.2. The van der Waals surface area contributed by atoms with Gasteiger partial charge in [0.15, 0.2) is 0 Å². The number of methoxy groups -OCH3 is 3. The summed E-state index contributed by atoms with van der Waals surface area (Å²) in [4.78, 5) is 0. The van der Waals surface area contributed by atoms with E-state index in [1.807, 2.05) is 36.4 Å². The summed E-state index contributed by atoms with van der Waals surface area (Å²) in [5, 5.41) is 0. The number of hydrogen-bond donors (Lipinski definition) is 0. The van der Waals surface area contributed by atoms with Gasteiger partial charge in [0.25, 0.3) is 0 Å². The molecule has 0 radical (unpaired) electrons. The lowest BCUT2D eigenvalue weighted by molar-refractivity contribution is -0.0147. The molecule has 0 aromatic heterocycles. The number of rotatable bonds is 7. The number of hydrogen-bond acceptors (Lipinski definition) is 4. The minimum absolute atomic E-state index is 0.0268. The van der Waals surface area contributed by atoms with Gasteiger partial charge in [-0.25, -0.2) is 0 Å². The van der Waals surface area contributed by atoms with Crippen LogP contribution in [0.15, 0.2) is 54.6 Å². The molecule has 3 rings (SSSR count). The molecule has 2 aromatic carbocycles. The van der Waals surface area contributed by atoms with Crippen molar-refractivity contribution >= 4 is 0 Å². The molecule has 1 heterocycles. The highest BCUT2D eigenvalue weighted by molar-refractivity contribution is 5.36. The second-order valence-electron chi connectivity index (χ2n) is 6.33. The Morgan fingerprint density at radius 2 is 1.40 bits per heavy atom. The van der Waals surface area contributed by atoms with Gasteiger partial charge in [0.05, 0.1) is 32.5 Å². The first-order valence-electron chi connectivity index (χ1n) is 8.61. The van der Waals surface area contributed by atoms with Gasteiger partial charge in [-0.1, -0.05) is 48.5 Å². The molecule has 0 saturated carbocycles. The Kier molecular flexibility index (Phi) is 6.08. The highest BCUT2D eigenvalue weighted by Crippen LogP contribution is 2.44. The van der Waals surface area contributed by atoms with Gasteiger partial charge in [0, 0.05) is 31.6 Å². The average molecular weight is 342 g/mol. The third kappa shape index (κ3) is 3.71. The third-order valence-corrected chi connectivity index (χ3v) is 5.03. The Morgan fingerprint density at radius 3 is 2.04 bits per heavy atom. The van der Waals surface area contributed by atoms with Gasteiger partial charge < -0.3 is 18.9 Å². The van der Waals surface area contributed by atoms with E-state index in [4.69, 9.17) is 18.9 Å². The predicted octanol–water partition coefficient (Wildman–Crippen LogP) is 4.03. The first-order chi connectivity index (χ1) is 12.3. The Morgan fingerprint density at radius 1 is 0.800 bits per heavy atom. The monoisotopic (exact) mass is 342 g/mol. The average Bonchev–Trinajstić information content (AvgIpc) is 3.13. The van der Waals surface area contributed by atoms with Gasteiger partial charge in [-0.3, -0.25) is 0 Å². The van der Waals surface area contributed by atoms with Crippen molar-refractivity contribution in [3.8, 4) is 5.75 Å². The zero-order valence-corrected chi connectivity index (χ0v) is 15.1. The fourth-order valence-corrected chi connectivity index (χ4v) is 3.85. The molecule has 25 heavy (non-hydrogen) atoms. The molecule has 4 nitrogen and oxygen atoms in total. The summed E-state index contributed by atoms with van der Waals surface area (Å²) in [5.41, 5.74) is 2.22. The number of ether oxygens (including phenoxy) is 4. The smallest absolute Gasteiger partial charge is 0.124 e. The quantitative estimate of drug-likeness (QED) is 0.761. The summed E-state index contributed by atoms with van der Waals surface area (Å²) in [6.07, 6.45) is -0.133. The molecule has 0 aliphatic carbocycles. The molecule has 0 amide bonds. The molecule has 1 aliphatic heterocycles. The molecule has 4 atom stereocenters. The molecule has 0 unspecified atom stereocenters. The second-order valence-corrected chi connectivity index (χ2v) is 6.33. The van der Waals surface area contributed by atoms with E-state index in [2.05, 4.69) is 18.2 Å². The van der Waals surface area contributed by atoms with Gasteiger partial charge >= 0.3 is 0 Å². The lowest BCUT2D eigenvalue weighted by Crippen LogP contribution is -2.28. The molecule has 2 aromatic rings. The van der Waals surface area contributed by atoms with Crippen LogP contribution in [0.1, 0.15) is 23.3 Å². The van der Waals surface area contributed by atoms with E-state index >= 15 is 0 Å². The van der Waals surface area contributed by atoms with Crippen LogP contribution >= 0.6 is 0 Å². The van der Waals surface area contributed by atoms with Crippen LogP contribution in [0.4, 0.5) is 0 Å². The Hall–Kier alpha value is -1.88. The Balaban J connectivity index is 1.91. The molecule has 1 fully saturated rings. The minimum atomic E-state index is -0.106. The number of benzene rings is 2. The summed E-state index contributed by atoms with van der Waals surface area (Å²) in [7, 11) is 5.20. The summed E-state index contributed by atoms with van der Waals surface area (Å²) in [5.74, 6) is 1.24. The summed E-state index contributed by atoms with van der Waals surface area (Å²) in [6, 6.07) is 18.3. The third-order valence-electron chi connectivity index (χ3n) is 5.03. The minimum Gasteiger partial charge on any atom is -0.496 e. The van der Waals surface area contributed by atoms with Crippen molar-refractivity contribution < 1.29 is 18.9 Å². The van der Waals surface area contributed by atoms with Gasteiger partial charge in [0.2, 0.25) is 0 Å². The van der Waals surface area contributed by atoms with Crippen molar-refractivity contribution in [2.45, 2.75) is 12.2 Å². The van der Waals surface area contributed by atoms with Crippen molar-refractivity contribution in [1.82, 2.24) is 0 Å². The van der Waals surface area contributed by atoms with Crippen LogP contribution in [-0.4, -0.2) is 34.5 Å². The largest absolute Gasteiger partial charge is 0.496 e. The summed E-state index contributed by atoms with van der Waals surface area (Å²) >= 11 is 0. The highest BCUT2D eigenvalue weighted by Gasteiger charge is 2.41. The van der Waals surface area contributed by atoms with Gasteiger partial charge in [0.1, 0.15) is 5.75 Å². The molecule has 0 spiro atoms. The molecule has 1 saturated heterocycles. The van der Waals surface area contributed by atoms with E-state index in [1.54, 1.807) is 21.3 Å². The fourth-order valence-electron chi connectivity index (χ4n) is 3.85. The van der Waals surface area contributed by atoms with Crippen LogP contribution in [0, 0.1) is 11.8 Å². The van der Waals surface area contributed by atoms with E-state index in [0.29, 0.717) is 13.2 Å². The molecule has 0 N–H and O–H groups in total. The van der Waals surface area contributed by atoms with Crippen molar-refractivity contribution in [3.63, 3.8) is 0 Å². The maximum absolute atomic E-state index is 5.91. The van der Waals surface area contributed by atoms with E-state index in [0.717, 1.165) is 11.3 Å². The first kappa shape index (κ1) is 17.9. The zero-order valence-electron chi connectivity index (χ0n) is 15.1. The zero-order chi connectivity index (χ0) is 17.6. The van der Waals surface area contributed by atoms with Crippen molar-refractivity contribution in [3.05, 3.63) is 65.7 Å². The van der Waals surface area contributed by atoms with E-state index in [-0.39, 0.29) is 24.0 Å². The van der Waals surface area contributed by atoms with E-state index in [9.17, 15) is 0 Å². The molecule has 134 valence electrons. The lowest BCUT2D eigenvalue weighted by atomic mass is 9.81. The normalized spacial score (nSPS) is 22.5. The molecular weight excluding hydrogens is 316 g/mol. The van der Waals surface area contributed by atoms with Crippen LogP contribution in [-0.2, 0) is 14.2 Å². The summed E-state index contributed by atoms with van der Waals surface area (Å²) in [6.45, 7) is 1.31. The van der Waals surface area contributed by atoms with Gasteiger partial charge in [-0.05, 0) is 11.6 Å². The molecule has 0 bridgehead atoms. The van der Waals surface area contributed by atoms with Crippen molar-refractivity contribution in [1.29, 1.82) is 0 Å². The van der Waals surface area contributed by atoms with E-state index < -0.39 is 0 Å². The van der Waals surface area contributed by atoms with Crippen LogP contribution in [0.5, 0.6) is 5.75 Å². The second kappa shape index (κ2) is 8.48. The van der Waals surface area contributed by atoms with Crippen LogP contribution in [0.25, 0.3) is 0 Å². The van der Waals surface area contributed by atoms with Crippen LogP contribution in [0.3, 0.4) is 0 Å². The molecule has 4 heteroatoms. The maximum atomic E-state index is 5.91. The fraction of sp³-hybridized carbons (Fsp3) is 0.429. The van der Waals surface area contributed by atoms with E-state index in [1.165, 1.54) is 5.56 Å². The Bertz CT molecular complexity index is 658. The highest BCUT2D eigenvalue weighted by atomic mass is 16.5. The van der Waals surface area contributed by atoms with Crippen LogP contribution in [0.2, 0.25) is 0 Å². The maximum Gasteiger partial charge on any atom is 0.124 e. The first-order valence-corrected chi connectivity index (χ1v) is 8.61. The number of para-hydroxylation sites is 1. The Labute approximate surface area is 149 Å². The van der Waals surface area contributed by atoms with Crippen LogP contribution < -0.4 is 4.74 Å². The van der Waals surface area contributed by atoms with Gasteiger partial charge in [-0.15, -0.1) is 0 Å². The van der Waals surface area contributed by atoms with Crippen molar-refractivity contribution in [2.24, 2.45) is 11.8 Å². The molecular formula is C21H26O4.